The van der Waals surface area contributed by atoms with Crippen LogP contribution in [-0.2, 0) is 4.79 Å². The van der Waals surface area contributed by atoms with Crippen LogP contribution in [0.4, 0.5) is 10.9 Å². The number of halogens is 1. The van der Waals surface area contributed by atoms with Crippen LogP contribution in [0.25, 0.3) is 0 Å². The summed E-state index contributed by atoms with van der Waals surface area (Å²) in [4.78, 5) is 17.4. The number of anilines is 2. The molecule has 0 unspecified atom stereocenters. The van der Waals surface area contributed by atoms with Crippen LogP contribution in [0.5, 0.6) is 5.75 Å². The molecule has 7 heteroatoms. The number of hydrogen-bond donors (Lipinski definition) is 2. The van der Waals surface area contributed by atoms with E-state index in [1.165, 1.54) is 0 Å². The number of methoxy groups -OCH3 is 1. The molecule has 21 heavy (non-hydrogen) atoms. The number of benzene rings is 1. The first kappa shape index (κ1) is 14.3. The van der Waals surface area contributed by atoms with Crippen molar-refractivity contribution in [2.45, 2.75) is 12.3 Å². The standard InChI is InChI=1S/C14H14BrN3O2S/c1-16-14-18-13-12(21-14)9(6-11(19)17-13)8-5-7(15)3-4-10(8)20-2/h3-5,9H,6H2,1-2H3,(H,16,18)(H,17,19)/t9-/m0/s1. The second-order valence-corrected chi connectivity index (χ2v) is 6.62. The predicted octanol–water partition coefficient (Wildman–Crippen LogP) is 3.43. The Morgan fingerprint density at radius 1 is 1.52 bits per heavy atom. The smallest absolute Gasteiger partial charge is 0.226 e. The summed E-state index contributed by atoms with van der Waals surface area (Å²) in [7, 11) is 3.46. The molecular weight excluding hydrogens is 354 g/mol. The Labute approximate surface area is 134 Å². The second-order valence-electron chi connectivity index (χ2n) is 4.67. The minimum atomic E-state index is -0.0409. The van der Waals surface area contributed by atoms with E-state index >= 15 is 0 Å². The maximum atomic E-state index is 12.0. The average molecular weight is 368 g/mol. The van der Waals surface area contributed by atoms with Crippen LogP contribution < -0.4 is 15.4 Å². The molecule has 0 radical (unpaired) electrons. The van der Waals surface area contributed by atoms with Crippen LogP contribution in [-0.4, -0.2) is 25.0 Å². The van der Waals surface area contributed by atoms with Gasteiger partial charge in [0.2, 0.25) is 5.91 Å². The van der Waals surface area contributed by atoms with Gasteiger partial charge in [0.15, 0.2) is 5.13 Å². The Hall–Kier alpha value is -1.60. The number of nitrogens with one attached hydrogen (secondary N) is 2. The van der Waals surface area contributed by atoms with Crippen molar-refractivity contribution < 1.29 is 9.53 Å². The molecule has 0 saturated heterocycles. The largest absolute Gasteiger partial charge is 0.496 e. The van der Waals surface area contributed by atoms with Gasteiger partial charge in [0, 0.05) is 29.4 Å². The molecule has 2 N–H and O–H groups in total. The van der Waals surface area contributed by atoms with E-state index in [4.69, 9.17) is 4.74 Å². The molecule has 1 aromatic heterocycles. The van der Waals surface area contributed by atoms with Crippen LogP contribution in [0.3, 0.4) is 0 Å². The monoisotopic (exact) mass is 367 g/mol. The Morgan fingerprint density at radius 3 is 3.05 bits per heavy atom. The van der Waals surface area contributed by atoms with E-state index in [1.54, 1.807) is 18.4 Å². The maximum Gasteiger partial charge on any atom is 0.226 e. The lowest BCUT2D eigenvalue weighted by Gasteiger charge is -2.23. The van der Waals surface area contributed by atoms with E-state index < -0.39 is 0 Å². The normalized spacial score (nSPS) is 17.1. The lowest BCUT2D eigenvalue weighted by molar-refractivity contribution is -0.116. The first-order valence-corrected chi connectivity index (χ1v) is 8.05. The highest BCUT2D eigenvalue weighted by atomic mass is 79.9. The van der Waals surface area contributed by atoms with Crippen LogP contribution >= 0.6 is 27.3 Å². The molecule has 0 saturated carbocycles. The third-order valence-electron chi connectivity index (χ3n) is 3.40. The molecule has 0 spiro atoms. The highest BCUT2D eigenvalue weighted by Gasteiger charge is 2.32. The number of fused-ring (bicyclic) bond motifs is 1. The van der Waals surface area contributed by atoms with E-state index in [1.807, 2.05) is 25.2 Å². The molecule has 0 aliphatic carbocycles. The van der Waals surface area contributed by atoms with Gasteiger partial charge in [-0.25, -0.2) is 4.98 Å². The molecule has 2 heterocycles. The summed E-state index contributed by atoms with van der Waals surface area (Å²) in [6, 6.07) is 5.84. The number of ether oxygens (including phenoxy) is 1. The molecular formula is C14H14BrN3O2S. The zero-order chi connectivity index (χ0) is 15.0. The van der Waals surface area contributed by atoms with Crippen LogP contribution in [0.15, 0.2) is 22.7 Å². The van der Waals surface area contributed by atoms with Gasteiger partial charge in [-0.15, -0.1) is 0 Å². The van der Waals surface area contributed by atoms with Crippen molar-refractivity contribution in [1.29, 1.82) is 0 Å². The zero-order valence-electron chi connectivity index (χ0n) is 11.6. The Balaban J connectivity index is 2.13. The van der Waals surface area contributed by atoms with E-state index in [0.717, 1.165) is 25.8 Å². The van der Waals surface area contributed by atoms with Crippen molar-refractivity contribution in [2.75, 3.05) is 24.8 Å². The van der Waals surface area contributed by atoms with Gasteiger partial charge in [0.1, 0.15) is 11.6 Å². The third-order valence-corrected chi connectivity index (χ3v) is 5.08. The Kier molecular flexibility index (Phi) is 3.86. The van der Waals surface area contributed by atoms with Gasteiger partial charge in [-0.05, 0) is 18.2 Å². The minimum Gasteiger partial charge on any atom is -0.496 e. The number of rotatable bonds is 3. The molecule has 0 fully saturated rings. The molecule has 1 amide bonds. The van der Waals surface area contributed by atoms with E-state index in [9.17, 15) is 4.79 Å². The summed E-state index contributed by atoms with van der Waals surface area (Å²) in [5.74, 6) is 1.36. The molecule has 1 aromatic carbocycles. The predicted molar refractivity (Wildman–Crippen MR) is 87.4 cm³/mol. The summed E-state index contributed by atoms with van der Waals surface area (Å²) in [5, 5.41) is 6.65. The highest BCUT2D eigenvalue weighted by molar-refractivity contribution is 9.10. The quantitative estimate of drug-likeness (QED) is 0.872. The number of aromatic nitrogens is 1. The molecule has 1 atom stereocenters. The Morgan fingerprint density at radius 2 is 2.33 bits per heavy atom. The molecule has 5 nitrogen and oxygen atoms in total. The summed E-state index contributed by atoms with van der Waals surface area (Å²) < 4.78 is 6.42. The van der Waals surface area contributed by atoms with Crippen molar-refractivity contribution in [1.82, 2.24) is 4.98 Å². The first-order valence-electron chi connectivity index (χ1n) is 6.44. The number of nitrogens with zero attached hydrogens (tertiary/aromatic N) is 1. The fraction of sp³-hybridized carbons (Fsp3) is 0.286. The maximum absolute atomic E-state index is 12.0. The summed E-state index contributed by atoms with van der Waals surface area (Å²) in [6.45, 7) is 0. The molecule has 1 aliphatic rings. The molecule has 3 rings (SSSR count). The van der Waals surface area contributed by atoms with Crippen LogP contribution in [0, 0.1) is 0 Å². The van der Waals surface area contributed by atoms with Crippen molar-refractivity contribution in [3.05, 3.63) is 33.1 Å². The SMILES string of the molecule is CNc1nc2c(s1)[C@H](c1cc(Br)ccc1OC)CC(=O)N2. The van der Waals surface area contributed by atoms with Crippen molar-refractivity contribution >= 4 is 44.1 Å². The van der Waals surface area contributed by atoms with Gasteiger partial charge >= 0.3 is 0 Å². The molecule has 1 aliphatic heterocycles. The third kappa shape index (κ3) is 2.63. The van der Waals surface area contributed by atoms with Crippen molar-refractivity contribution in [3.8, 4) is 5.75 Å². The average Bonchev–Trinajstić information content (AvgIpc) is 2.89. The van der Waals surface area contributed by atoms with E-state index in [2.05, 4.69) is 31.5 Å². The summed E-state index contributed by atoms with van der Waals surface area (Å²) >= 11 is 5.04. The lowest BCUT2D eigenvalue weighted by Crippen LogP contribution is -2.22. The topological polar surface area (TPSA) is 63.3 Å². The van der Waals surface area contributed by atoms with E-state index in [0.29, 0.717) is 12.2 Å². The van der Waals surface area contributed by atoms with Gasteiger partial charge in [-0.1, -0.05) is 27.3 Å². The highest BCUT2D eigenvalue weighted by Crippen LogP contribution is 2.45. The van der Waals surface area contributed by atoms with Gasteiger partial charge < -0.3 is 15.4 Å². The number of hydrogen-bond acceptors (Lipinski definition) is 5. The van der Waals surface area contributed by atoms with Crippen molar-refractivity contribution in [2.24, 2.45) is 0 Å². The van der Waals surface area contributed by atoms with E-state index in [-0.39, 0.29) is 11.8 Å². The van der Waals surface area contributed by atoms with Gasteiger partial charge in [0.25, 0.3) is 0 Å². The fourth-order valence-electron chi connectivity index (χ4n) is 2.45. The van der Waals surface area contributed by atoms with Crippen LogP contribution in [0.1, 0.15) is 22.8 Å². The summed E-state index contributed by atoms with van der Waals surface area (Å²) in [6.07, 6.45) is 0.394. The number of carbonyl (C=O) groups excluding carboxylic acids is 1. The number of carbonyl (C=O) groups is 1. The fourth-order valence-corrected chi connectivity index (χ4v) is 3.83. The second kappa shape index (κ2) is 5.65. The Bertz CT molecular complexity index is 702. The summed E-state index contributed by atoms with van der Waals surface area (Å²) in [5.41, 5.74) is 0.995. The first-order chi connectivity index (χ1) is 10.1. The number of amides is 1. The van der Waals surface area contributed by atoms with Crippen molar-refractivity contribution in [3.63, 3.8) is 0 Å². The van der Waals surface area contributed by atoms with Gasteiger partial charge in [-0.3, -0.25) is 4.79 Å². The molecule has 2 aromatic rings. The lowest BCUT2D eigenvalue weighted by atomic mass is 9.91. The van der Waals surface area contributed by atoms with Crippen LogP contribution in [0.2, 0.25) is 0 Å². The zero-order valence-corrected chi connectivity index (χ0v) is 14.0. The van der Waals surface area contributed by atoms with Gasteiger partial charge in [0.05, 0.1) is 12.0 Å². The number of thiazole rings is 1. The molecule has 110 valence electrons. The molecule has 0 bridgehead atoms. The van der Waals surface area contributed by atoms with Gasteiger partial charge in [-0.2, -0.15) is 0 Å². The minimum absolute atomic E-state index is 0.0255.